The van der Waals surface area contributed by atoms with Gasteiger partial charge < -0.3 is 4.74 Å². The van der Waals surface area contributed by atoms with Crippen LogP contribution in [-0.4, -0.2) is 28.2 Å². The Labute approximate surface area is 184 Å². The summed E-state index contributed by atoms with van der Waals surface area (Å²) in [5.74, 6) is 0.313. The van der Waals surface area contributed by atoms with E-state index in [0.717, 1.165) is 11.4 Å². The van der Waals surface area contributed by atoms with Crippen LogP contribution in [0.25, 0.3) is 5.82 Å². The number of aryl methyl sites for hydroxylation is 2. The number of aromatic nitrogens is 4. The maximum Gasteiger partial charge on any atom is 0.237 e. The van der Waals surface area contributed by atoms with Gasteiger partial charge in [0.1, 0.15) is 17.9 Å². The molecule has 0 saturated heterocycles. The summed E-state index contributed by atoms with van der Waals surface area (Å²) >= 11 is 0. The lowest BCUT2D eigenvalue weighted by atomic mass is 10.2. The van der Waals surface area contributed by atoms with Crippen LogP contribution >= 0.6 is 0 Å². The first-order valence-corrected chi connectivity index (χ1v) is 11.3. The third-order valence-corrected chi connectivity index (χ3v) is 5.75. The molecule has 0 atom stereocenters. The highest BCUT2D eigenvalue weighted by atomic mass is 32.2. The van der Waals surface area contributed by atoms with Gasteiger partial charge in [0.2, 0.25) is 15.9 Å². The minimum absolute atomic E-state index is 0.0992. The molecule has 1 N–H and O–H groups in total. The number of benzene rings is 2. The van der Waals surface area contributed by atoms with Crippen molar-refractivity contribution >= 4 is 15.7 Å². The van der Waals surface area contributed by atoms with Crippen LogP contribution < -0.4 is 9.46 Å². The Morgan fingerprint density at radius 2 is 1.78 bits per heavy atom. The van der Waals surface area contributed by atoms with Crippen molar-refractivity contribution in [3.05, 3.63) is 89.8 Å². The average Bonchev–Trinajstić information content (AvgIpc) is 3.09. The zero-order valence-electron chi connectivity index (χ0n) is 17.4. The highest BCUT2D eigenvalue weighted by Crippen LogP contribution is 2.24. The Hall–Kier alpha value is -3.79. The van der Waals surface area contributed by atoms with E-state index in [0.29, 0.717) is 23.1 Å². The first kappa shape index (κ1) is 21.4. The number of nitrogens with zero attached hydrogens (tertiary/aromatic N) is 4. The first-order chi connectivity index (χ1) is 15.3. The smallest absolute Gasteiger partial charge is 0.237 e. The van der Waals surface area contributed by atoms with Gasteiger partial charge in [0.15, 0.2) is 5.82 Å². The zero-order chi connectivity index (χ0) is 22.7. The summed E-state index contributed by atoms with van der Waals surface area (Å²) in [6, 6.07) is 15.7. The normalized spacial score (nSPS) is 11.3. The highest BCUT2D eigenvalue weighted by Gasteiger charge is 2.15. The van der Waals surface area contributed by atoms with Crippen LogP contribution in [0.2, 0.25) is 0 Å². The molecule has 0 bridgehead atoms. The van der Waals surface area contributed by atoms with Gasteiger partial charge in [-0.05, 0) is 50.2 Å². The summed E-state index contributed by atoms with van der Waals surface area (Å²) in [4.78, 5) is 8.34. The molecular weight excluding hydrogens is 433 g/mol. The van der Waals surface area contributed by atoms with Gasteiger partial charge in [0.25, 0.3) is 0 Å². The molecule has 0 spiro atoms. The zero-order valence-corrected chi connectivity index (χ0v) is 18.2. The number of ether oxygens (including phenoxy) is 1. The average molecular weight is 453 g/mol. The summed E-state index contributed by atoms with van der Waals surface area (Å²) in [5, 5.41) is 4.39. The van der Waals surface area contributed by atoms with Crippen molar-refractivity contribution in [1.82, 2.24) is 19.7 Å². The van der Waals surface area contributed by atoms with Crippen LogP contribution in [0.5, 0.6) is 11.6 Å². The first-order valence-electron chi connectivity index (χ1n) is 9.66. The van der Waals surface area contributed by atoms with Crippen LogP contribution in [0.15, 0.2) is 67.0 Å². The van der Waals surface area contributed by atoms with E-state index in [1.54, 1.807) is 41.1 Å². The van der Waals surface area contributed by atoms with Crippen LogP contribution in [0.4, 0.5) is 10.1 Å². The number of nitrogens with one attached hydrogen (secondary N) is 1. The Bertz CT molecular complexity index is 1350. The van der Waals surface area contributed by atoms with Crippen LogP contribution in [-0.2, 0) is 15.8 Å². The van der Waals surface area contributed by atoms with E-state index in [4.69, 9.17) is 4.74 Å². The second-order valence-electron chi connectivity index (χ2n) is 7.13. The molecule has 0 amide bonds. The van der Waals surface area contributed by atoms with Crippen molar-refractivity contribution in [3.8, 4) is 17.4 Å². The van der Waals surface area contributed by atoms with E-state index in [-0.39, 0.29) is 5.56 Å². The molecule has 10 heteroatoms. The number of rotatable bonds is 7. The molecule has 0 saturated carbocycles. The SMILES string of the molecule is Cc1cc(C)n(-c2cc(Oc3ccc(NS(=O)(=O)Cc4ccccc4F)cc3)ncn2)n1. The quantitative estimate of drug-likeness (QED) is 0.451. The van der Waals surface area contributed by atoms with Crippen LogP contribution in [0.1, 0.15) is 17.0 Å². The van der Waals surface area contributed by atoms with Crippen molar-refractivity contribution in [2.75, 3.05) is 4.72 Å². The maximum atomic E-state index is 13.8. The minimum atomic E-state index is -3.78. The van der Waals surface area contributed by atoms with Gasteiger partial charge >= 0.3 is 0 Å². The fourth-order valence-electron chi connectivity index (χ4n) is 3.11. The number of hydrogen-bond acceptors (Lipinski definition) is 6. The van der Waals surface area contributed by atoms with Crippen LogP contribution in [0.3, 0.4) is 0 Å². The Morgan fingerprint density at radius 1 is 1.03 bits per heavy atom. The molecule has 4 rings (SSSR count). The fourth-order valence-corrected chi connectivity index (χ4v) is 4.32. The van der Waals surface area contributed by atoms with Gasteiger partial charge in [-0.3, -0.25) is 4.72 Å². The standard InChI is InChI=1S/C22H20FN5O3S/c1-15-11-16(2)28(26-15)21-12-22(25-14-24-21)31-19-9-7-18(8-10-19)27-32(29,30)13-17-5-3-4-6-20(17)23/h3-12,14,27H,13H2,1-2H3. The molecule has 2 aromatic carbocycles. The topological polar surface area (TPSA) is 99.0 Å². The van der Waals surface area contributed by atoms with E-state index < -0.39 is 21.6 Å². The molecule has 2 aromatic heterocycles. The number of sulfonamides is 1. The van der Waals surface area contributed by atoms with Crippen molar-refractivity contribution in [2.24, 2.45) is 0 Å². The van der Waals surface area contributed by atoms with Crippen molar-refractivity contribution < 1.29 is 17.5 Å². The van der Waals surface area contributed by atoms with E-state index in [1.807, 2.05) is 19.9 Å². The third kappa shape index (κ3) is 5.09. The summed E-state index contributed by atoms with van der Waals surface area (Å²) in [5.41, 5.74) is 2.23. The molecule has 164 valence electrons. The predicted octanol–water partition coefficient (Wildman–Crippen LogP) is 4.15. The van der Waals surface area contributed by atoms with E-state index >= 15 is 0 Å². The fraction of sp³-hybridized carbons (Fsp3) is 0.136. The van der Waals surface area contributed by atoms with E-state index in [2.05, 4.69) is 19.8 Å². The summed E-state index contributed by atoms with van der Waals surface area (Å²) in [6.45, 7) is 3.82. The molecular formula is C22H20FN5O3S. The van der Waals surface area contributed by atoms with Gasteiger partial charge in [0, 0.05) is 23.0 Å². The monoisotopic (exact) mass is 453 g/mol. The van der Waals surface area contributed by atoms with E-state index in [9.17, 15) is 12.8 Å². The van der Waals surface area contributed by atoms with Gasteiger partial charge in [-0.2, -0.15) is 5.10 Å². The second-order valence-corrected chi connectivity index (χ2v) is 8.85. The lowest BCUT2D eigenvalue weighted by molar-refractivity contribution is 0.460. The molecule has 0 aliphatic rings. The van der Waals surface area contributed by atoms with Crippen molar-refractivity contribution in [2.45, 2.75) is 19.6 Å². The van der Waals surface area contributed by atoms with Gasteiger partial charge in [-0.1, -0.05) is 18.2 Å². The number of hydrogen-bond donors (Lipinski definition) is 1. The molecule has 0 aliphatic carbocycles. The predicted molar refractivity (Wildman–Crippen MR) is 118 cm³/mol. The van der Waals surface area contributed by atoms with Crippen LogP contribution in [0, 0.1) is 19.7 Å². The highest BCUT2D eigenvalue weighted by molar-refractivity contribution is 7.91. The van der Waals surface area contributed by atoms with Gasteiger partial charge in [-0.15, -0.1) is 0 Å². The second kappa shape index (κ2) is 8.75. The Kier molecular flexibility index (Phi) is 5.87. The molecule has 0 fully saturated rings. The Balaban J connectivity index is 1.45. The lowest BCUT2D eigenvalue weighted by Crippen LogP contribution is -2.15. The molecule has 0 aliphatic heterocycles. The summed E-state index contributed by atoms with van der Waals surface area (Å²) < 4.78 is 48.4. The molecule has 4 aromatic rings. The molecule has 0 radical (unpaired) electrons. The van der Waals surface area contributed by atoms with E-state index in [1.165, 1.54) is 24.5 Å². The molecule has 32 heavy (non-hydrogen) atoms. The third-order valence-electron chi connectivity index (χ3n) is 4.51. The lowest BCUT2D eigenvalue weighted by Gasteiger charge is -2.10. The van der Waals surface area contributed by atoms with Crippen molar-refractivity contribution in [3.63, 3.8) is 0 Å². The Morgan fingerprint density at radius 3 is 2.47 bits per heavy atom. The molecule has 2 heterocycles. The molecule has 0 unspecified atom stereocenters. The number of halogens is 1. The van der Waals surface area contributed by atoms with Gasteiger partial charge in [0.05, 0.1) is 11.4 Å². The van der Waals surface area contributed by atoms with Crippen molar-refractivity contribution in [1.29, 1.82) is 0 Å². The summed E-state index contributed by atoms with van der Waals surface area (Å²) in [7, 11) is -3.78. The maximum absolute atomic E-state index is 13.8. The summed E-state index contributed by atoms with van der Waals surface area (Å²) in [6.07, 6.45) is 1.38. The molecule has 8 nitrogen and oxygen atoms in total. The minimum Gasteiger partial charge on any atom is -0.439 e. The van der Waals surface area contributed by atoms with Gasteiger partial charge in [-0.25, -0.2) is 27.5 Å². The largest absolute Gasteiger partial charge is 0.439 e. The number of anilines is 1.